The standard InChI is InChI=1S/C12H20N2O3/c1-11(2)10(16)14(7-9(15)13-11)8-12(3)5-4-6-17-12/h4-8H2,1-3H3,(H,13,15). The molecule has 0 aromatic rings. The van der Waals surface area contributed by atoms with Crippen molar-refractivity contribution in [3.63, 3.8) is 0 Å². The van der Waals surface area contributed by atoms with E-state index in [9.17, 15) is 9.59 Å². The summed E-state index contributed by atoms with van der Waals surface area (Å²) in [4.78, 5) is 25.4. The average Bonchev–Trinajstić information content (AvgIpc) is 2.60. The molecule has 2 rings (SSSR count). The van der Waals surface area contributed by atoms with Gasteiger partial charge in [-0.3, -0.25) is 9.59 Å². The van der Waals surface area contributed by atoms with Crippen molar-refractivity contribution < 1.29 is 14.3 Å². The van der Waals surface area contributed by atoms with Gasteiger partial charge in [0.1, 0.15) is 5.54 Å². The molecule has 2 amide bonds. The molecular weight excluding hydrogens is 220 g/mol. The molecule has 0 radical (unpaired) electrons. The molecule has 2 aliphatic heterocycles. The number of rotatable bonds is 2. The normalized spacial score (nSPS) is 32.8. The Labute approximate surface area is 101 Å². The average molecular weight is 240 g/mol. The molecule has 1 unspecified atom stereocenters. The lowest BCUT2D eigenvalue weighted by molar-refractivity contribution is -0.151. The number of ether oxygens (including phenoxy) is 1. The summed E-state index contributed by atoms with van der Waals surface area (Å²) in [5.74, 6) is -0.134. The summed E-state index contributed by atoms with van der Waals surface area (Å²) in [7, 11) is 0. The van der Waals surface area contributed by atoms with Gasteiger partial charge < -0.3 is 15.0 Å². The Balaban J connectivity index is 2.09. The molecule has 5 heteroatoms. The molecule has 0 aliphatic carbocycles. The molecule has 1 N–H and O–H groups in total. The summed E-state index contributed by atoms with van der Waals surface area (Å²) in [6.45, 7) is 6.86. The highest BCUT2D eigenvalue weighted by atomic mass is 16.5. The molecular formula is C12H20N2O3. The molecule has 1 atom stereocenters. The lowest BCUT2D eigenvalue weighted by Crippen LogP contribution is -2.65. The Morgan fingerprint density at radius 3 is 2.65 bits per heavy atom. The van der Waals surface area contributed by atoms with Crippen LogP contribution in [0.4, 0.5) is 0 Å². The quantitative estimate of drug-likeness (QED) is 0.755. The Morgan fingerprint density at radius 2 is 2.06 bits per heavy atom. The molecule has 2 saturated heterocycles. The van der Waals surface area contributed by atoms with Crippen molar-refractivity contribution in [2.45, 2.75) is 44.8 Å². The van der Waals surface area contributed by atoms with Crippen molar-refractivity contribution >= 4 is 11.8 Å². The van der Waals surface area contributed by atoms with Gasteiger partial charge in [0.25, 0.3) is 0 Å². The highest BCUT2D eigenvalue weighted by Gasteiger charge is 2.42. The molecule has 0 saturated carbocycles. The van der Waals surface area contributed by atoms with Crippen molar-refractivity contribution in [3.8, 4) is 0 Å². The van der Waals surface area contributed by atoms with Crippen LogP contribution in [-0.2, 0) is 14.3 Å². The number of hydrogen-bond donors (Lipinski definition) is 1. The van der Waals surface area contributed by atoms with Gasteiger partial charge in [0.2, 0.25) is 11.8 Å². The molecule has 2 heterocycles. The molecule has 0 aromatic carbocycles. The second-order valence-corrected chi connectivity index (χ2v) is 5.74. The van der Waals surface area contributed by atoms with Crippen molar-refractivity contribution in [1.82, 2.24) is 10.2 Å². The van der Waals surface area contributed by atoms with E-state index in [1.165, 1.54) is 0 Å². The van der Waals surface area contributed by atoms with Crippen molar-refractivity contribution in [1.29, 1.82) is 0 Å². The third-order valence-corrected chi connectivity index (χ3v) is 3.43. The van der Waals surface area contributed by atoms with Gasteiger partial charge in [-0.2, -0.15) is 0 Å². The maximum atomic E-state index is 12.2. The van der Waals surface area contributed by atoms with E-state index in [0.717, 1.165) is 19.4 Å². The topological polar surface area (TPSA) is 58.6 Å². The predicted molar refractivity (Wildman–Crippen MR) is 62.4 cm³/mol. The lowest BCUT2D eigenvalue weighted by Gasteiger charge is -2.40. The molecule has 2 aliphatic rings. The fourth-order valence-electron chi connectivity index (χ4n) is 2.57. The summed E-state index contributed by atoms with van der Waals surface area (Å²) in [5.41, 5.74) is -1.09. The van der Waals surface area contributed by atoms with Gasteiger partial charge in [-0.25, -0.2) is 0 Å². The van der Waals surface area contributed by atoms with E-state index < -0.39 is 5.54 Å². The summed E-state index contributed by atoms with van der Waals surface area (Å²) in [6.07, 6.45) is 1.97. The van der Waals surface area contributed by atoms with Gasteiger partial charge in [-0.1, -0.05) is 0 Å². The summed E-state index contributed by atoms with van der Waals surface area (Å²) >= 11 is 0. The zero-order valence-electron chi connectivity index (χ0n) is 10.7. The highest BCUT2D eigenvalue weighted by molar-refractivity contribution is 5.97. The van der Waals surface area contributed by atoms with Gasteiger partial charge in [-0.15, -0.1) is 0 Å². The molecule has 2 fully saturated rings. The van der Waals surface area contributed by atoms with Crippen LogP contribution in [0.15, 0.2) is 0 Å². The third kappa shape index (κ3) is 2.44. The van der Waals surface area contributed by atoms with Gasteiger partial charge >= 0.3 is 0 Å². The van der Waals surface area contributed by atoms with Crippen LogP contribution >= 0.6 is 0 Å². The van der Waals surface area contributed by atoms with E-state index in [-0.39, 0.29) is 24.0 Å². The van der Waals surface area contributed by atoms with Gasteiger partial charge in [0.15, 0.2) is 0 Å². The lowest BCUT2D eigenvalue weighted by atomic mass is 9.97. The zero-order chi connectivity index (χ0) is 12.7. The first kappa shape index (κ1) is 12.4. The molecule has 0 aromatic heterocycles. The second-order valence-electron chi connectivity index (χ2n) is 5.74. The highest BCUT2D eigenvalue weighted by Crippen LogP contribution is 2.27. The Hall–Kier alpha value is -1.10. The van der Waals surface area contributed by atoms with Crippen LogP contribution < -0.4 is 5.32 Å². The SMILES string of the molecule is CC1(CN2CC(=O)NC(C)(C)C2=O)CCCO1. The van der Waals surface area contributed by atoms with Crippen LogP contribution in [0.25, 0.3) is 0 Å². The fraction of sp³-hybridized carbons (Fsp3) is 0.833. The van der Waals surface area contributed by atoms with E-state index in [4.69, 9.17) is 4.74 Å². The predicted octanol–water partition coefficient (Wildman–Crippen LogP) is 0.293. The molecule has 96 valence electrons. The number of nitrogens with one attached hydrogen (secondary N) is 1. The van der Waals surface area contributed by atoms with Gasteiger partial charge in [-0.05, 0) is 33.6 Å². The minimum absolute atomic E-state index is 0.0335. The fourth-order valence-corrected chi connectivity index (χ4v) is 2.57. The number of amides is 2. The largest absolute Gasteiger partial charge is 0.373 e. The van der Waals surface area contributed by atoms with E-state index in [1.54, 1.807) is 18.7 Å². The molecule has 5 nitrogen and oxygen atoms in total. The first-order valence-corrected chi connectivity index (χ1v) is 6.07. The first-order chi connectivity index (χ1) is 7.82. The van der Waals surface area contributed by atoms with Gasteiger partial charge in [0.05, 0.1) is 18.7 Å². The van der Waals surface area contributed by atoms with Crippen molar-refractivity contribution in [3.05, 3.63) is 0 Å². The summed E-state index contributed by atoms with van der Waals surface area (Å²) in [6, 6.07) is 0. The third-order valence-electron chi connectivity index (χ3n) is 3.43. The van der Waals surface area contributed by atoms with E-state index >= 15 is 0 Å². The first-order valence-electron chi connectivity index (χ1n) is 6.07. The smallest absolute Gasteiger partial charge is 0.248 e. The second kappa shape index (κ2) is 3.98. The van der Waals surface area contributed by atoms with Crippen LogP contribution in [0.3, 0.4) is 0 Å². The van der Waals surface area contributed by atoms with E-state index in [1.807, 2.05) is 6.92 Å². The molecule has 17 heavy (non-hydrogen) atoms. The van der Waals surface area contributed by atoms with Crippen LogP contribution in [0.2, 0.25) is 0 Å². The van der Waals surface area contributed by atoms with Crippen molar-refractivity contribution in [2.75, 3.05) is 19.7 Å². The van der Waals surface area contributed by atoms with Crippen LogP contribution in [0.1, 0.15) is 33.6 Å². The number of nitrogens with zero attached hydrogens (tertiary/aromatic N) is 1. The number of hydrogen-bond acceptors (Lipinski definition) is 3. The number of carbonyl (C=O) groups is 2. The van der Waals surface area contributed by atoms with E-state index in [0.29, 0.717) is 6.54 Å². The monoisotopic (exact) mass is 240 g/mol. The number of piperazine rings is 1. The summed E-state index contributed by atoms with van der Waals surface area (Å²) < 4.78 is 5.67. The van der Waals surface area contributed by atoms with Crippen molar-refractivity contribution in [2.24, 2.45) is 0 Å². The Kier molecular flexibility index (Phi) is 2.89. The van der Waals surface area contributed by atoms with Crippen LogP contribution in [0.5, 0.6) is 0 Å². The molecule has 0 bridgehead atoms. The minimum atomic E-state index is -0.801. The summed E-state index contributed by atoms with van der Waals surface area (Å²) in [5, 5.41) is 2.70. The minimum Gasteiger partial charge on any atom is -0.373 e. The van der Waals surface area contributed by atoms with Crippen LogP contribution in [0, 0.1) is 0 Å². The maximum Gasteiger partial charge on any atom is 0.248 e. The Morgan fingerprint density at radius 1 is 1.35 bits per heavy atom. The van der Waals surface area contributed by atoms with E-state index in [2.05, 4.69) is 5.32 Å². The zero-order valence-corrected chi connectivity index (χ0v) is 10.7. The maximum absolute atomic E-state index is 12.2. The Bertz CT molecular complexity index is 346. The van der Waals surface area contributed by atoms with Gasteiger partial charge in [0, 0.05) is 6.61 Å². The van der Waals surface area contributed by atoms with Crippen LogP contribution in [-0.4, -0.2) is 47.6 Å². The molecule has 0 spiro atoms. The number of carbonyl (C=O) groups excluding carboxylic acids is 2.